The number of carbonyl (C=O) groups is 1. The summed E-state index contributed by atoms with van der Waals surface area (Å²) in [6.07, 6.45) is 0. The van der Waals surface area contributed by atoms with Crippen LogP contribution in [0, 0.1) is 0 Å². The van der Waals surface area contributed by atoms with Crippen molar-refractivity contribution in [2.45, 2.75) is 17.0 Å². The Labute approximate surface area is 191 Å². The first kappa shape index (κ1) is 23.9. The van der Waals surface area contributed by atoms with Crippen LogP contribution in [0.25, 0.3) is 11.1 Å². The van der Waals surface area contributed by atoms with Crippen molar-refractivity contribution >= 4 is 38.8 Å². The van der Waals surface area contributed by atoms with Crippen molar-refractivity contribution in [3.63, 3.8) is 0 Å². The number of oxazole rings is 1. The number of benzene rings is 2. The average molecular weight is 480 g/mol. The zero-order chi connectivity index (χ0) is 23.1. The van der Waals surface area contributed by atoms with Gasteiger partial charge in [0.1, 0.15) is 23.6 Å². The van der Waals surface area contributed by atoms with E-state index >= 15 is 0 Å². The van der Waals surface area contributed by atoms with Crippen LogP contribution in [-0.4, -0.2) is 63.2 Å². The molecule has 0 saturated carbocycles. The fourth-order valence-corrected chi connectivity index (χ4v) is 4.25. The molecule has 3 rings (SSSR count). The van der Waals surface area contributed by atoms with Crippen LogP contribution in [0.2, 0.25) is 0 Å². The molecule has 0 atom stereocenters. The Morgan fingerprint density at radius 3 is 2.47 bits per heavy atom. The number of thioether (sulfide) groups is 1. The molecule has 1 amide bonds. The highest BCUT2D eigenvalue weighted by Crippen LogP contribution is 2.26. The summed E-state index contributed by atoms with van der Waals surface area (Å²) >= 11 is 1.13. The van der Waals surface area contributed by atoms with Crippen LogP contribution in [0.5, 0.6) is 11.5 Å². The molecule has 9 nitrogen and oxygen atoms in total. The van der Waals surface area contributed by atoms with E-state index in [2.05, 4.69) is 10.3 Å². The van der Waals surface area contributed by atoms with E-state index in [0.29, 0.717) is 41.8 Å². The van der Waals surface area contributed by atoms with Gasteiger partial charge in [-0.05, 0) is 49.4 Å². The molecule has 0 aliphatic heterocycles. The molecule has 32 heavy (non-hydrogen) atoms. The third-order valence-corrected chi connectivity index (χ3v) is 6.91. The van der Waals surface area contributed by atoms with Gasteiger partial charge in [0.15, 0.2) is 5.58 Å². The van der Waals surface area contributed by atoms with Crippen molar-refractivity contribution < 1.29 is 27.1 Å². The van der Waals surface area contributed by atoms with E-state index in [-0.39, 0.29) is 16.6 Å². The minimum absolute atomic E-state index is 0.110. The minimum Gasteiger partial charge on any atom is -0.494 e. The Bertz CT molecular complexity index is 1160. The van der Waals surface area contributed by atoms with Crippen molar-refractivity contribution in [1.29, 1.82) is 0 Å². The van der Waals surface area contributed by atoms with Gasteiger partial charge in [-0.15, -0.1) is 0 Å². The van der Waals surface area contributed by atoms with Gasteiger partial charge in [0.2, 0.25) is 15.9 Å². The Kier molecular flexibility index (Phi) is 7.99. The van der Waals surface area contributed by atoms with Gasteiger partial charge in [0, 0.05) is 14.1 Å². The lowest BCUT2D eigenvalue weighted by Crippen LogP contribution is -2.29. The number of hydrogen-bond acceptors (Lipinski definition) is 8. The molecule has 3 aromatic rings. The largest absolute Gasteiger partial charge is 0.494 e. The van der Waals surface area contributed by atoms with Crippen molar-refractivity contribution in [2.24, 2.45) is 0 Å². The lowest BCUT2D eigenvalue weighted by Gasteiger charge is -2.10. The molecule has 0 unspecified atom stereocenters. The van der Waals surface area contributed by atoms with E-state index in [4.69, 9.17) is 13.9 Å². The first-order chi connectivity index (χ1) is 15.3. The van der Waals surface area contributed by atoms with Crippen LogP contribution in [0.4, 0.5) is 0 Å². The van der Waals surface area contributed by atoms with Crippen LogP contribution in [0.3, 0.4) is 0 Å². The van der Waals surface area contributed by atoms with Gasteiger partial charge in [-0.3, -0.25) is 4.79 Å². The van der Waals surface area contributed by atoms with Gasteiger partial charge < -0.3 is 19.2 Å². The number of rotatable bonds is 11. The second kappa shape index (κ2) is 10.7. The molecule has 0 bridgehead atoms. The molecular weight excluding hydrogens is 454 g/mol. The normalized spacial score (nSPS) is 11.6. The molecule has 2 aromatic carbocycles. The first-order valence-electron chi connectivity index (χ1n) is 9.88. The van der Waals surface area contributed by atoms with Gasteiger partial charge in [0.25, 0.3) is 5.22 Å². The molecule has 0 aliphatic rings. The average Bonchev–Trinajstić information content (AvgIpc) is 3.18. The summed E-state index contributed by atoms with van der Waals surface area (Å²) in [7, 11) is -0.633. The number of fused-ring (bicyclic) bond motifs is 1. The number of amides is 1. The molecule has 0 spiro atoms. The van der Waals surface area contributed by atoms with Gasteiger partial charge in [-0.2, -0.15) is 0 Å². The number of sulfonamides is 1. The third kappa shape index (κ3) is 6.15. The van der Waals surface area contributed by atoms with Crippen LogP contribution in [0.1, 0.15) is 6.92 Å². The van der Waals surface area contributed by atoms with E-state index in [1.807, 2.05) is 31.2 Å². The van der Waals surface area contributed by atoms with Gasteiger partial charge in [0.05, 0.1) is 23.8 Å². The van der Waals surface area contributed by atoms with E-state index in [1.165, 1.54) is 26.2 Å². The van der Waals surface area contributed by atoms with Crippen LogP contribution in [0.15, 0.2) is 57.0 Å². The first-order valence-corrected chi connectivity index (χ1v) is 12.3. The van der Waals surface area contributed by atoms with Crippen molar-refractivity contribution in [3.05, 3.63) is 42.5 Å². The summed E-state index contributed by atoms with van der Waals surface area (Å²) in [4.78, 5) is 16.5. The standard InChI is InChI=1S/C21H25N3O6S2/c1-4-28-15-5-7-16(8-6-15)29-12-11-22-20(25)14-31-21-23-18-13-17(9-10-19(18)30-21)32(26,27)24(2)3/h5-10,13H,4,11-12,14H2,1-3H3,(H,22,25). The summed E-state index contributed by atoms with van der Waals surface area (Å²) in [5.41, 5.74) is 0.869. The minimum atomic E-state index is -3.56. The SMILES string of the molecule is CCOc1ccc(OCCNC(=O)CSc2nc3cc(S(=O)(=O)N(C)C)ccc3o2)cc1. The predicted molar refractivity (Wildman–Crippen MR) is 122 cm³/mol. The van der Waals surface area contributed by atoms with E-state index in [1.54, 1.807) is 6.07 Å². The Morgan fingerprint density at radius 2 is 1.81 bits per heavy atom. The van der Waals surface area contributed by atoms with Crippen LogP contribution >= 0.6 is 11.8 Å². The predicted octanol–water partition coefficient (Wildman–Crippen LogP) is 2.76. The van der Waals surface area contributed by atoms with E-state index in [0.717, 1.165) is 21.8 Å². The van der Waals surface area contributed by atoms with Gasteiger partial charge in [-0.25, -0.2) is 17.7 Å². The van der Waals surface area contributed by atoms with Crippen molar-refractivity contribution in [3.8, 4) is 11.5 Å². The molecule has 0 radical (unpaired) electrons. The van der Waals surface area contributed by atoms with Gasteiger partial charge in [-0.1, -0.05) is 11.8 Å². The lowest BCUT2D eigenvalue weighted by atomic mass is 10.3. The lowest BCUT2D eigenvalue weighted by molar-refractivity contribution is -0.118. The number of carbonyl (C=O) groups excluding carboxylic acids is 1. The quantitative estimate of drug-likeness (QED) is 0.330. The zero-order valence-corrected chi connectivity index (χ0v) is 19.7. The number of nitrogens with zero attached hydrogens (tertiary/aromatic N) is 2. The summed E-state index contributed by atoms with van der Waals surface area (Å²) in [5.74, 6) is 1.39. The van der Waals surface area contributed by atoms with E-state index < -0.39 is 10.0 Å². The smallest absolute Gasteiger partial charge is 0.257 e. The maximum atomic E-state index is 12.2. The third-order valence-electron chi connectivity index (χ3n) is 4.27. The maximum absolute atomic E-state index is 12.2. The number of ether oxygens (including phenoxy) is 2. The topological polar surface area (TPSA) is 111 Å². The van der Waals surface area contributed by atoms with E-state index in [9.17, 15) is 13.2 Å². The van der Waals surface area contributed by atoms with Crippen LogP contribution < -0.4 is 14.8 Å². The summed E-state index contributed by atoms with van der Waals surface area (Å²) < 4.78 is 42.2. The highest BCUT2D eigenvalue weighted by molar-refractivity contribution is 7.99. The van der Waals surface area contributed by atoms with Crippen molar-refractivity contribution in [2.75, 3.05) is 39.6 Å². The summed E-state index contributed by atoms with van der Waals surface area (Å²) in [6, 6.07) is 11.8. The summed E-state index contributed by atoms with van der Waals surface area (Å²) in [6.45, 7) is 3.21. The highest BCUT2D eigenvalue weighted by Gasteiger charge is 2.19. The number of aromatic nitrogens is 1. The molecule has 0 saturated heterocycles. The van der Waals surface area contributed by atoms with Gasteiger partial charge >= 0.3 is 0 Å². The van der Waals surface area contributed by atoms with Crippen LogP contribution in [-0.2, 0) is 14.8 Å². The molecule has 0 aliphatic carbocycles. The zero-order valence-electron chi connectivity index (χ0n) is 18.0. The second-order valence-corrected chi connectivity index (χ2v) is 9.87. The Balaban J connectivity index is 1.45. The molecule has 0 fully saturated rings. The fourth-order valence-electron chi connectivity index (χ4n) is 2.66. The molecule has 172 valence electrons. The molecule has 1 aromatic heterocycles. The number of nitrogens with one attached hydrogen (secondary N) is 1. The van der Waals surface area contributed by atoms with Crippen molar-refractivity contribution in [1.82, 2.24) is 14.6 Å². The molecule has 11 heteroatoms. The maximum Gasteiger partial charge on any atom is 0.257 e. The molecule has 1 heterocycles. The Hall–Kier alpha value is -2.76. The molecular formula is C21H25N3O6S2. The Morgan fingerprint density at radius 1 is 1.12 bits per heavy atom. The monoisotopic (exact) mass is 479 g/mol. The number of hydrogen-bond donors (Lipinski definition) is 1. The fraction of sp³-hybridized carbons (Fsp3) is 0.333. The molecule has 1 N–H and O–H groups in total. The summed E-state index contributed by atoms with van der Waals surface area (Å²) in [5, 5.41) is 3.06. The highest BCUT2D eigenvalue weighted by atomic mass is 32.2. The second-order valence-electron chi connectivity index (χ2n) is 6.79.